The predicted molar refractivity (Wildman–Crippen MR) is 146 cm³/mol. The van der Waals surface area contributed by atoms with E-state index in [1.807, 2.05) is 0 Å². The molecule has 0 radical (unpaired) electrons. The van der Waals surface area contributed by atoms with E-state index in [2.05, 4.69) is 121 Å². The smallest absolute Gasteiger partial charge is 0.000705 e. The Morgan fingerprint density at radius 3 is 2.00 bits per heavy atom. The summed E-state index contributed by atoms with van der Waals surface area (Å²) in [5.41, 5.74) is 8.61. The van der Waals surface area contributed by atoms with Crippen molar-refractivity contribution in [2.45, 2.75) is 12.8 Å². The van der Waals surface area contributed by atoms with Gasteiger partial charge in [0, 0.05) is 0 Å². The van der Waals surface area contributed by atoms with Gasteiger partial charge >= 0.3 is 0 Å². The van der Waals surface area contributed by atoms with Crippen molar-refractivity contribution in [3.63, 3.8) is 0 Å². The lowest BCUT2D eigenvalue weighted by atomic mass is 9.92. The van der Waals surface area contributed by atoms with Crippen LogP contribution in [0.25, 0.3) is 49.5 Å². The highest BCUT2D eigenvalue weighted by molar-refractivity contribution is 6.17. The van der Waals surface area contributed by atoms with Crippen LogP contribution >= 0.6 is 0 Å². The molecule has 0 saturated carbocycles. The summed E-state index contributed by atoms with van der Waals surface area (Å²) < 4.78 is 0. The zero-order chi connectivity index (χ0) is 22.5. The molecule has 0 heterocycles. The third-order valence-corrected chi connectivity index (χ3v) is 7.35. The molecule has 6 aromatic carbocycles. The number of hydrogen-bond donors (Lipinski definition) is 0. The van der Waals surface area contributed by atoms with Gasteiger partial charge in [-0.15, -0.1) is 0 Å². The first-order chi connectivity index (χ1) is 16.9. The molecule has 0 bridgehead atoms. The van der Waals surface area contributed by atoms with Gasteiger partial charge in [0.25, 0.3) is 0 Å². The summed E-state index contributed by atoms with van der Waals surface area (Å²) in [5.74, 6) is 0. The van der Waals surface area contributed by atoms with Gasteiger partial charge in [-0.2, -0.15) is 0 Å². The van der Waals surface area contributed by atoms with Gasteiger partial charge in [0.1, 0.15) is 0 Å². The molecule has 0 N–H and O–H groups in total. The Hall–Kier alpha value is -4.16. The van der Waals surface area contributed by atoms with Gasteiger partial charge in [0.2, 0.25) is 0 Å². The first-order valence-electron chi connectivity index (χ1n) is 12.1. The van der Waals surface area contributed by atoms with E-state index in [0.717, 1.165) is 12.8 Å². The molecule has 0 aliphatic heterocycles. The largest absolute Gasteiger partial charge is 0.0795 e. The Balaban J connectivity index is 0.000000132. The van der Waals surface area contributed by atoms with Crippen molar-refractivity contribution < 1.29 is 0 Å². The molecule has 34 heavy (non-hydrogen) atoms. The van der Waals surface area contributed by atoms with Crippen LogP contribution in [0, 0.1) is 0 Å². The average molecular weight is 433 g/mol. The van der Waals surface area contributed by atoms with Crippen LogP contribution in [-0.2, 0) is 12.8 Å². The van der Waals surface area contributed by atoms with E-state index in [-0.39, 0.29) is 0 Å². The van der Waals surface area contributed by atoms with Crippen molar-refractivity contribution in [3.05, 3.63) is 138 Å². The van der Waals surface area contributed by atoms with Gasteiger partial charge in [-0.05, 0) is 78.5 Å². The Morgan fingerprint density at radius 1 is 0.500 bits per heavy atom. The van der Waals surface area contributed by atoms with E-state index in [1.165, 1.54) is 65.7 Å². The van der Waals surface area contributed by atoms with Crippen LogP contribution in [0.15, 0.2) is 115 Å². The molecule has 6 aromatic rings. The van der Waals surface area contributed by atoms with Crippen molar-refractivity contribution in [2.24, 2.45) is 0 Å². The highest BCUT2D eigenvalue weighted by Gasteiger charge is 2.23. The molecule has 0 aromatic heterocycles. The number of allylic oxidation sites excluding steroid dienone is 1. The molecule has 2 aliphatic rings. The third kappa shape index (κ3) is 2.92. The van der Waals surface area contributed by atoms with Crippen molar-refractivity contribution in [2.75, 3.05) is 0 Å². The Morgan fingerprint density at radius 2 is 1.15 bits per heavy atom. The van der Waals surface area contributed by atoms with E-state index in [0.29, 0.717) is 0 Å². The minimum atomic E-state index is 1.05. The minimum absolute atomic E-state index is 1.05. The zero-order valence-electron chi connectivity index (χ0n) is 19.0. The normalized spacial score (nSPS) is 12.9. The first-order valence-corrected chi connectivity index (χ1v) is 12.1. The maximum absolute atomic E-state index is 2.27. The first kappa shape index (κ1) is 19.3. The fourth-order valence-corrected chi connectivity index (χ4v) is 5.89. The predicted octanol–water partition coefficient (Wildman–Crippen LogP) is 8.97. The molecule has 2 aliphatic carbocycles. The van der Waals surface area contributed by atoms with Crippen LogP contribution in [0.5, 0.6) is 0 Å². The summed E-state index contributed by atoms with van der Waals surface area (Å²) in [6.45, 7) is 0. The molecule has 0 atom stereocenters. The Kier molecular flexibility index (Phi) is 4.38. The van der Waals surface area contributed by atoms with Gasteiger partial charge in [-0.25, -0.2) is 0 Å². The monoisotopic (exact) mass is 432 g/mol. The molecule has 0 amide bonds. The lowest BCUT2D eigenvalue weighted by molar-refractivity contribution is 1.29. The van der Waals surface area contributed by atoms with Gasteiger partial charge in [0.05, 0.1) is 0 Å². The van der Waals surface area contributed by atoms with Gasteiger partial charge < -0.3 is 0 Å². The molecule has 0 fully saturated rings. The summed E-state index contributed by atoms with van der Waals surface area (Å²) >= 11 is 0. The molecule has 0 heteroatoms. The number of benzene rings is 6. The quantitative estimate of drug-likeness (QED) is 0.210. The highest BCUT2D eigenvalue weighted by Crippen LogP contribution is 2.45. The minimum Gasteiger partial charge on any atom is -0.0795 e. The van der Waals surface area contributed by atoms with Crippen molar-refractivity contribution in [1.82, 2.24) is 0 Å². The van der Waals surface area contributed by atoms with Gasteiger partial charge in [0.15, 0.2) is 0 Å². The number of hydrogen-bond acceptors (Lipinski definition) is 0. The van der Waals surface area contributed by atoms with Gasteiger partial charge in [-0.3, -0.25) is 0 Å². The van der Waals surface area contributed by atoms with E-state index in [9.17, 15) is 0 Å². The molecule has 0 spiro atoms. The van der Waals surface area contributed by atoms with E-state index in [4.69, 9.17) is 0 Å². The summed E-state index contributed by atoms with van der Waals surface area (Å²) in [7, 11) is 0. The van der Waals surface area contributed by atoms with Crippen molar-refractivity contribution >= 4 is 38.4 Å². The average Bonchev–Trinajstić information content (AvgIpc) is 3.30. The molecule has 0 unspecified atom stereocenters. The molecular formula is C34H24. The van der Waals surface area contributed by atoms with Crippen LogP contribution in [0.2, 0.25) is 0 Å². The second kappa shape index (κ2) is 7.71. The van der Waals surface area contributed by atoms with Crippen LogP contribution < -0.4 is 0 Å². The van der Waals surface area contributed by atoms with Crippen LogP contribution in [0.3, 0.4) is 0 Å². The van der Waals surface area contributed by atoms with E-state index >= 15 is 0 Å². The van der Waals surface area contributed by atoms with Crippen LogP contribution in [0.1, 0.15) is 22.3 Å². The van der Waals surface area contributed by atoms with E-state index < -0.39 is 0 Å². The standard InChI is InChI=1S/C21H14.C13H10/c1-2-8-15-14(7-1)13-20-18-11-4-3-9-16(18)17-10-5-6-12-19(17)21(15)20;1-4-10-6-2-8-12-9-3-7-11(5-1)13(10)12/h1-12H,13H2;1-8H,9H2. The molecule has 0 nitrogen and oxygen atoms in total. The Bertz CT molecular complexity index is 1740. The summed E-state index contributed by atoms with van der Waals surface area (Å²) in [6, 6.07) is 39.5. The lowest BCUT2D eigenvalue weighted by Gasteiger charge is -2.12. The van der Waals surface area contributed by atoms with Crippen molar-refractivity contribution in [1.29, 1.82) is 0 Å². The third-order valence-electron chi connectivity index (χ3n) is 7.35. The zero-order valence-corrected chi connectivity index (χ0v) is 19.0. The molecule has 160 valence electrons. The molecule has 0 saturated heterocycles. The lowest BCUT2D eigenvalue weighted by Crippen LogP contribution is -1.91. The summed E-state index contributed by atoms with van der Waals surface area (Å²) in [6.07, 6.45) is 6.58. The topological polar surface area (TPSA) is 0 Å². The number of rotatable bonds is 0. The molecule has 8 rings (SSSR count). The molecular weight excluding hydrogens is 408 g/mol. The summed E-state index contributed by atoms with van der Waals surface area (Å²) in [5, 5.41) is 8.33. The maximum Gasteiger partial charge on any atom is -0.000705 e. The van der Waals surface area contributed by atoms with Crippen molar-refractivity contribution in [3.8, 4) is 11.1 Å². The van der Waals surface area contributed by atoms with Crippen LogP contribution in [0.4, 0.5) is 0 Å². The second-order valence-electron chi connectivity index (χ2n) is 9.25. The summed E-state index contributed by atoms with van der Waals surface area (Å²) in [4.78, 5) is 0. The fraction of sp³-hybridized carbons (Fsp3) is 0.0588. The Labute approximate surface area is 199 Å². The SMILES string of the molecule is C1=Cc2cccc3cccc(c23)C1.c1ccc2c(c1)Cc1c-2c2ccccc2c2ccccc12. The van der Waals surface area contributed by atoms with E-state index in [1.54, 1.807) is 0 Å². The second-order valence-corrected chi connectivity index (χ2v) is 9.25. The van der Waals surface area contributed by atoms with Gasteiger partial charge in [-0.1, -0.05) is 121 Å². The van der Waals surface area contributed by atoms with Crippen LogP contribution in [-0.4, -0.2) is 0 Å². The fourth-order valence-electron chi connectivity index (χ4n) is 5.89. The maximum atomic E-state index is 2.27. The highest BCUT2D eigenvalue weighted by atomic mass is 14.3. The number of fused-ring (bicyclic) bond motifs is 8.